The maximum atomic E-state index is 5.32. The number of nitrogens with zero attached hydrogens (tertiary/aromatic N) is 1. The first-order valence-corrected chi connectivity index (χ1v) is 4.18. The molecule has 0 saturated carbocycles. The fourth-order valence-electron chi connectivity index (χ4n) is 0.584. The maximum Gasteiger partial charge on any atom is 0.0845 e. The molecular formula is C9H14ClNO. The molecule has 0 aliphatic carbocycles. The summed E-state index contributed by atoms with van der Waals surface area (Å²) >= 11 is 5.32. The molecule has 3 heteroatoms. The van der Waals surface area contributed by atoms with Gasteiger partial charge in [0.1, 0.15) is 0 Å². The fraction of sp³-hybridized carbons (Fsp3) is 0.444. The van der Waals surface area contributed by atoms with Crippen molar-refractivity contribution in [1.82, 2.24) is 0 Å². The number of hydrogen-bond donors (Lipinski definition) is 0. The van der Waals surface area contributed by atoms with Crippen molar-refractivity contribution in [3.05, 3.63) is 24.3 Å². The van der Waals surface area contributed by atoms with E-state index in [0.717, 1.165) is 5.71 Å². The average Bonchev–Trinajstić information content (AvgIpc) is 2.06. The van der Waals surface area contributed by atoms with Gasteiger partial charge in [-0.25, -0.2) is 0 Å². The number of hydrogen-bond acceptors (Lipinski definition) is 2. The van der Waals surface area contributed by atoms with E-state index in [0.29, 0.717) is 19.8 Å². The molecule has 0 fully saturated rings. The Morgan fingerprint density at radius 3 is 3.00 bits per heavy atom. The molecule has 0 aliphatic heterocycles. The van der Waals surface area contributed by atoms with Crippen LogP contribution in [0.4, 0.5) is 0 Å². The van der Waals surface area contributed by atoms with Gasteiger partial charge in [0.05, 0.1) is 19.8 Å². The van der Waals surface area contributed by atoms with Gasteiger partial charge in [-0.2, -0.15) is 0 Å². The zero-order chi connectivity index (χ0) is 9.23. The summed E-state index contributed by atoms with van der Waals surface area (Å²) in [4.78, 5) is 4.17. The molecule has 0 aromatic rings. The van der Waals surface area contributed by atoms with Crippen molar-refractivity contribution in [2.24, 2.45) is 4.99 Å². The van der Waals surface area contributed by atoms with Crippen LogP contribution in [0.5, 0.6) is 0 Å². The molecule has 0 rings (SSSR count). The number of ether oxygens (including phenoxy) is 1. The molecule has 0 saturated heterocycles. The average molecular weight is 188 g/mol. The number of halogens is 1. The lowest BCUT2D eigenvalue weighted by Crippen LogP contribution is -2.04. The molecule has 0 N–H and O–H groups in total. The van der Waals surface area contributed by atoms with Gasteiger partial charge >= 0.3 is 0 Å². The molecule has 12 heavy (non-hydrogen) atoms. The molecule has 0 spiro atoms. The minimum Gasteiger partial charge on any atom is -0.372 e. The second-order valence-electron chi connectivity index (χ2n) is 2.24. The van der Waals surface area contributed by atoms with Crippen LogP contribution in [0.15, 0.2) is 29.3 Å². The second kappa shape index (κ2) is 8.50. The molecule has 0 aromatic carbocycles. The lowest BCUT2D eigenvalue weighted by atomic mass is 10.4. The van der Waals surface area contributed by atoms with E-state index in [1.165, 1.54) is 5.54 Å². The molecule has 0 aromatic heterocycles. The van der Waals surface area contributed by atoms with E-state index in [1.54, 1.807) is 12.2 Å². The highest BCUT2D eigenvalue weighted by Crippen LogP contribution is 1.85. The van der Waals surface area contributed by atoms with Crippen molar-refractivity contribution in [2.75, 3.05) is 19.8 Å². The molecule has 0 atom stereocenters. The molecular weight excluding hydrogens is 174 g/mol. The van der Waals surface area contributed by atoms with E-state index in [-0.39, 0.29) is 0 Å². The van der Waals surface area contributed by atoms with Crippen LogP contribution in [0.2, 0.25) is 0 Å². The largest absolute Gasteiger partial charge is 0.372 e. The Hall–Kier alpha value is -0.600. The summed E-state index contributed by atoms with van der Waals surface area (Å²) in [5.41, 5.74) is 2.42. The third-order valence-corrected chi connectivity index (χ3v) is 1.28. The quantitative estimate of drug-likeness (QED) is 0.356. The Labute approximate surface area is 78.6 Å². The van der Waals surface area contributed by atoms with Crippen LogP contribution in [0.25, 0.3) is 0 Å². The summed E-state index contributed by atoms with van der Waals surface area (Å²) in [6.07, 6.45) is 3.49. The molecule has 0 heterocycles. The van der Waals surface area contributed by atoms with Gasteiger partial charge in [-0.1, -0.05) is 23.8 Å². The summed E-state index contributed by atoms with van der Waals surface area (Å²) in [5, 5.41) is 0. The lowest BCUT2D eigenvalue weighted by Gasteiger charge is -1.99. The molecule has 2 nitrogen and oxygen atoms in total. The first-order valence-electron chi connectivity index (χ1n) is 3.75. The molecule has 0 radical (unpaired) electrons. The normalized spacial score (nSPS) is 12.3. The van der Waals surface area contributed by atoms with E-state index >= 15 is 0 Å². The summed E-state index contributed by atoms with van der Waals surface area (Å²) in [6.45, 7) is 7.20. The van der Waals surface area contributed by atoms with Gasteiger partial charge < -0.3 is 4.74 Å². The molecule has 0 amide bonds. The first-order chi connectivity index (χ1) is 5.81. The monoisotopic (exact) mass is 187 g/mol. The Balaban J connectivity index is 3.48. The van der Waals surface area contributed by atoms with Crippen molar-refractivity contribution in [3.8, 4) is 0 Å². The van der Waals surface area contributed by atoms with Crippen molar-refractivity contribution in [3.63, 3.8) is 0 Å². The van der Waals surface area contributed by atoms with Crippen molar-refractivity contribution < 1.29 is 4.74 Å². The summed E-state index contributed by atoms with van der Waals surface area (Å²) in [7, 11) is 0. The Bertz CT molecular complexity index is 175. The van der Waals surface area contributed by atoms with Crippen LogP contribution in [-0.2, 0) is 4.74 Å². The third kappa shape index (κ3) is 7.51. The van der Waals surface area contributed by atoms with Gasteiger partial charge in [-0.15, -0.1) is 6.58 Å². The smallest absolute Gasteiger partial charge is 0.0845 e. The second-order valence-corrected chi connectivity index (χ2v) is 2.49. The SMILES string of the molecule is C=CCOCC(C)=NC/C=C/Cl. The van der Waals surface area contributed by atoms with Gasteiger partial charge in [0, 0.05) is 11.2 Å². The highest BCUT2D eigenvalue weighted by molar-refractivity contribution is 6.25. The number of aliphatic imine (C=N–C) groups is 1. The zero-order valence-electron chi connectivity index (χ0n) is 7.29. The Morgan fingerprint density at radius 2 is 2.42 bits per heavy atom. The van der Waals surface area contributed by atoms with Crippen molar-refractivity contribution in [2.45, 2.75) is 6.92 Å². The van der Waals surface area contributed by atoms with E-state index in [9.17, 15) is 0 Å². The minimum atomic E-state index is 0.558. The van der Waals surface area contributed by atoms with Crippen LogP contribution in [0.3, 0.4) is 0 Å². The predicted molar refractivity (Wildman–Crippen MR) is 54.0 cm³/mol. The van der Waals surface area contributed by atoms with E-state index in [4.69, 9.17) is 16.3 Å². The van der Waals surface area contributed by atoms with Crippen molar-refractivity contribution in [1.29, 1.82) is 0 Å². The fourth-order valence-corrected chi connectivity index (χ4v) is 0.664. The molecule has 0 aliphatic rings. The van der Waals surface area contributed by atoms with Gasteiger partial charge in [0.25, 0.3) is 0 Å². The summed E-state index contributed by atoms with van der Waals surface area (Å²) in [5.74, 6) is 0. The highest BCUT2D eigenvalue weighted by Gasteiger charge is 1.88. The van der Waals surface area contributed by atoms with E-state index in [1.807, 2.05) is 6.92 Å². The van der Waals surface area contributed by atoms with Gasteiger partial charge in [0.2, 0.25) is 0 Å². The van der Waals surface area contributed by atoms with E-state index in [2.05, 4.69) is 11.6 Å². The van der Waals surface area contributed by atoms with Crippen LogP contribution >= 0.6 is 11.6 Å². The van der Waals surface area contributed by atoms with Crippen LogP contribution < -0.4 is 0 Å². The predicted octanol–water partition coefficient (Wildman–Crippen LogP) is 2.40. The lowest BCUT2D eigenvalue weighted by molar-refractivity contribution is 0.204. The minimum absolute atomic E-state index is 0.558. The van der Waals surface area contributed by atoms with Gasteiger partial charge in [-0.3, -0.25) is 4.99 Å². The molecule has 0 unspecified atom stereocenters. The van der Waals surface area contributed by atoms with Crippen LogP contribution in [0, 0.1) is 0 Å². The third-order valence-electron chi connectivity index (χ3n) is 1.10. The first kappa shape index (κ1) is 11.4. The van der Waals surface area contributed by atoms with Gasteiger partial charge in [0.15, 0.2) is 0 Å². The summed E-state index contributed by atoms with van der Waals surface area (Å²) in [6, 6.07) is 0. The van der Waals surface area contributed by atoms with Gasteiger partial charge in [-0.05, 0) is 6.92 Å². The number of rotatable bonds is 6. The topological polar surface area (TPSA) is 21.6 Å². The van der Waals surface area contributed by atoms with E-state index < -0.39 is 0 Å². The standard InChI is InChI=1S/C9H14ClNO/c1-3-7-12-8-9(2)11-6-4-5-10/h3-5H,1,6-8H2,2H3/b5-4+,11-9?. The molecule has 0 bridgehead atoms. The highest BCUT2D eigenvalue weighted by atomic mass is 35.5. The Morgan fingerprint density at radius 1 is 1.67 bits per heavy atom. The maximum absolute atomic E-state index is 5.32. The van der Waals surface area contributed by atoms with Crippen LogP contribution in [0.1, 0.15) is 6.92 Å². The van der Waals surface area contributed by atoms with Crippen LogP contribution in [-0.4, -0.2) is 25.5 Å². The Kier molecular flexibility index (Phi) is 8.07. The molecule has 68 valence electrons. The summed E-state index contributed by atoms with van der Waals surface area (Å²) < 4.78 is 5.17. The zero-order valence-corrected chi connectivity index (χ0v) is 8.05. The van der Waals surface area contributed by atoms with Crippen molar-refractivity contribution >= 4 is 17.3 Å².